The SMILES string of the molecule is CC[C@H]1CCC[C@@H](c2ccc(N)cc2)C1. The lowest BCUT2D eigenvalue weighted by Gasteiger charge is -2.28. The standard InChI is InChI=1S/C14H21N/c1-2-11-4-3-5-13(10-11)12-6-8-14(15)9-7-12/h6-9,11,13H,2-5,10,15H2,1H3/t11-,13+/m0/s1. The fourth-order valence-electron chi connectivity index (χ4n) is 2.73. The summed E-state index contributed by atoms with van der Waals surface area (Å²) in [5, 5.41) is 0. The van der Waals surface area contributed by atoms with Gasteiger partial charge < -0.3 is 5.73 Å². The van der Waals surface area contributed by atoms with Crippen molar-refractivity contribution in [1.29, 1.82) is 0 Å². The van der Waals surface area contributed by atoms with E-state index >= 15 is 0 Å². The average molecular weight is 203 g/mol. The minimum Gasteiger partial charge on any atom is -0.399 e. The summed E-state index contributed by atoms with van der Waals surface area (Å²) >= 11 is 0. The van der Waals surface area contributed by atoms with Crippen LogP contribution < -0.4 is 5.73 Å². The van der Waals surface area contributed by atoms with Gasteiger partial charge in [0.05, 0.1) is 0 Å². The van der Waals surface area contributed by atoms with Crippen LogP contribution in [-0.2, 0) is 0 Å². The Hall–Kier alpha value is -0.980. The molecule has 2 N–H and O–H groups in total. The largest absolute Gasteiger partial charge is 0.399 e. The van der Waals surface area contributed by atoms with Crippen molar-refractivity contribution in [3.63, 3.8) is 0 Å². The first kappa shape index (κ1) is 10.5. The second-order valence-electron chi connectivity index (χ2n) is 4.80. The smallest absolute Gasteiger partial charge is 0.0314 e. The lowest BCUT2D eigenvalue weighted by Crippen LogP contribution is -2.13. The third-order valence-electron chi connectivity index (χ3n) is 3.77. The summed E-state index contributed by atoms with van der Waals surface area (Å²) in [4.78, 5) is 0. The molecule has 82 valence electrons. The highest BCUT2D eigenvalue weighted by Gasteiger charge is 2.21. The maximum absolute atomic E-state index is 5.71. The van der Waals surface area contributed by atoms with Crippen molar-refractivity contribution in [2.75, 3.05) is 5.73 Å². The summed E-state index contributed by atoms with van der Waals surface area (Å²) in [7, 11) is 0. The van der Waals surface area contributed by atoms with Gasteiger partial charge in [0, 0.05) is 5.69 Å². The topological polar surface area (TPSA) is 26.0 Å². The van der Waals surface area contributed by atoms with Crippen LogP contribution in [0.5, 0.6) is 0 Å². The highest BCUT2D eigenvalue weighted by atomic mass is 14.5. The van der Waals surface area contributed by atoms with Gasteiger partial charge >= 0.3 is 0 Å². The van der Waals surface area contributed by atoms with Gasteiger partial charge in [-0.3, -0.25) is 0 Å². The summed E-state index contributed by atoms with van der Waals surface area (Å²) < 4.78 is 0. The summed E-state index contributed by atoms with van der Waals surface area (Å²) in [6, 6.07) is 8.48. The molecule has 0 aliphatic heterocycles. The Kier molecular flexibility index (Phi) is 3.30. The fraction of sp³-hybridized carbons (Fsp3) is 0.571. The molecule has 1 nitrogen and oxygen atoms in total. The van der Waals surface area contributed by atoms with Crippen molar-refractivity contribution >= 4 is 5.69 Å². The van der Waals surface area contributed by atoms with E-state index in [4.69, 9.17) is 5.73 Å². The van der Waals surface area contributed by atoms with Gasteiger partial charge in [-0.1, -0.05) is 38.3 Å². The van der Waals surface area contributed by atoms with Crippen LogP contribution in [0, 0.1) is 5.92 Å². The Labute approximate surface area is 92.7 Å². The average Bonchev–Trinajstić information content (AvgIpc) is 2.30. The number of nitrogen functional groups attached to an aromatic ring is 1. The molecule has 1 aliphatic rings. The number of benzene rings is 1. The van der Waals surface area contributed by atoms with Crippen LogP contribution in [0.1, 0.15) is 50.5 Å². The van der Waals surface area contributed by atoms with Crippen molar-refractivity contribution in [2.24, 2.45) is 5.92 Å². The molecule has 0 amide bonds. The molecule has 0 bridgehead atoms. The molecule has 2 rings (SSSR count). The second-order valence-corrected chi connectivity index (χ2v) is 4.80. The van der Waals surface area contributed by atoms with Crippen LogP contribution in [0.15, 0.2) is 24.3 Å². The maximum Gasteiger partial charge on any atom is 0.0314 e. The Morgan fingerprint density at radius 1 is 1.20 bits per heavy atom. The minimum absolute atomic E-state index is 0.782. The van der Waals surface area contributed by atoms with Gasteiger partial charge in [0.15, 0.2) is 0 Å². The number of rotatable bonds is 2. The maximum atomic E-state index is 5.71. The summed E-state index contributed by atoms with van der Waals surface area (Å²) in [6.45, 7) is 2.32. The first-order chi connectivity index (χ1) is 7.29. The second kappa shape index (κ2) is 4.69. The number of hydrogen-bond acceptors (Lipinski definition) is 1. The molecule has 1 aromatic rings. The zero-order valence-electron chi connectivity index (χ0n) is 9.58. The van der Waals surface area contributed by atoms with Crippen molar-refractivity contribution in [2.45, 2.75) is 44.9 Å². The molecule has 0 heterocycles. The van der Waals surface area contributed by atoms with E-state index in [2.05, 4.69) is 19.1 Å². The third-order valence-corrected chi connectivity index (χ3v) is 3.77. The Bertz CT molecular complexity index is 302. The minimum atomic E-state index is 0.782. The van der Waals surface area contributed by atoms with Crippen LogP contribution >= 0.6 is 0 Å². The summed E-state index contributed by atoms with van der Waals surface area (Å²) in [5.41, 5.74) is 8.07. The van der Waals surface area contributed by atoms with Gasteiger partial charge in [-0.05, 0) is 42.4 Å². The van der Waals surface area contributed by atoms with Crippen LogP contribution in [0.25, 0.3) is 0 Å². The molecular formula is C14H21N. The van der Waals surface area contributed by atoms with Gasteiger partial charge in [0.25, 0.3) is 0 Å². The highest BCUT2D eigenvalue weighted by molar-refractivity contribution is 5.40. The summed E-state index contributed by atoms with van der Waals surface area (Å²) in [5.74, 6) is 1.73. The van der Waals surface area contributed by atoms with E-state index in [1.54, 1.807) is 0 Å². The lowest BCUT2D eigenvalue weighted by atomic mass is 9.77. The zero-order valence-corrected chi connectivity index (χ0v) is 9.58. The number of hydrogen-bond donors (Lipinski definition) is 1. The molecule has 1 heteroatoms. The van der Waals surface area contributed by atoms with E-state index in [-0.39, 0.29) is 0 Å². The molecule has 15 heavy (non-hydrogen) atoms. The molecule has 0 radical (unpaired) electrons. The quantitative estimate of drug-likeness (QED) is 0.723. The molecule has 0 spiro atoms. The molecule has 0 saturated heterocycles. The van der Waals surface area contributed by atoms with Crippen LogP contribution in [0.3, 0.4) is 0 Å². The molecule has 1 aliphatic carbocycles. The van der Waals surface area contributed by atoms with Crippen LogP contribution in [0.2, 0.25) is 0 Å². The van der Waals surface area contributed by atoms with Crippen molar-refractivity contribution < 1.29 is 0 Å². The molecular weight excluding hydrogens is 182 g/mol. The molecule has 1 fully saturated rings. The predicted molar refractivity (Wildman–Crippen MR) is 65.8 cm³/mol. The highest BCUT2D eigenvalue weighted by Crippen LogP contribution is 2.37. The van der Waals surface area contributed by atoms with Crippen molar-refractivity contribution in [1.82, 2.24) is 0 Å². The van der Waals surface area contributed by atoms with E-state index in [1.807, 2.05) is 12.1 Å². The van der Waals surface area contributed by atoms with E-state index in [0.29, 0.717) is 0 Å². The van der Waals surface area contributed by atoms with Gasteiger partial charge in [0.2, 0.25) is 0 Å². The molecule has 1 aromatic carbocycles. The van der Waals surface area contributed by atoms with E-state index in [9.17, 15) is 0 Å². The first-order valence-electron chi connectivity index (χ1n) is 6.15. The van der Waals surface area contributed by atoms with Crippen molar-refractivity contribution in [3.05, 3.63) is 29.8 Å². The Morgan fingerprint density at radius 3 is 2.60 bits per heavy atom. The van der Waals surface area contributed by atoms with Gasteiger partial charge in [0.1, 0.15) is 0 Å². The summed E-state index contributed by atoms with van der Waals surface area (Å²) in [6.07, 6.45) is 6.90. The number of nitrogens with two attached hydrogens (primary N) is 1. The third kappa shape index (κ3) is 2.53. The van der Waals surface area contributed by atoms with Gasteiger partial charge in [-0.2, -0.15) is 0 Å². The van der Waals surface area contributed by atoms with Gasteiger partial charge in [-0.25, -0.2) is 0 Å². The van der Waals surface area contributed by atoms with E-state index < -0.39 is 0 Å². The molecule has 1 saturated carbocycles. The van der Waals surface area contributed by atoms with E-state index in [0.717, 1.165) is 17.5 Å². The molecule has 2 atom stereocenters. The lowest BCUT2D eigenvalue weighted by molar-refractivity contribution is 0.314. The van der Waals surface area contributed by atoms with Crippen molar-refractivity contribution in [3.8, 4) is 0 Å². The Morgan fingerprint density at radius 2 is 1.93 bits per heavy atom. The predicted octanol–water partition coefficient (Wildman–Crippen LogP) is 3.95. The first-order valence-corrected chi connectivity index (χ1v) is 6.15. The Balaban J connectivity index is 2.06. The number of anilines is 1. The zero-order chi connectivity index (χ0) is 10.7. The van der Waals surface area contributed by atoms with E-state index in [1.165, 1.54) is 37.7 Å². The molecule has 0 aromatic heterocycles. The van der Waals surface area contributed by atoms with Crippen LogP contribution in [0.4, 0.5) is 5.69 Å². The monoisotopic (exact) mass is 203 g/mol. The van der Waals surface area contributed by atoms with Gasteiger partial charge in [-0.15, -0.1) is 0 Å². The normalized spacial score (nSPS) is 26.5. The fourth-order valence-corrected chi connectivity index (χ4v) is 2.73. The molecule has 0 unspecified atom stereocenters. The van der Waals surface area contributed by atoms with Crippen LogP contribution in [-0.4, -0.2) is 0 Å².